The molecule has 2 heterocycles. The van der Waals surface area contributed by atoms with Crippen LogP contribution < -0.4 is 5.32 Å². The zero-order chi connectivity index (χ0) is 20.4. The Morgan fingerprint density at radius 3 is 2.61 bits per heavy atom. The molecule has 0 aliphatic heterocycles. The number of carbonyl (C=O) groups is 1. The average molecular weight is 393 g/mol. The summed E-state index contributed by atoms with van der Waals surface area (Å²) < 4.78 is 2.18. The van der Waals surface area contributed by atoms with Gasteiger partial charge in [0.1, 0.15) is 22.7 Å². The fourth-order valence-electron chi connectivity index (χ4n) is 3.99. The number of aromatic nitrogens is 1. The van der Waals surface area contributed by atoms with Gasteiger partial charge in [-0.05, 0) is 76.6 Å². The highest BCUT2D eigenvalue weighted by atomic mass is 32.1. The highest BCUT2D eigenvalue weighted by Gasteiger charge is 2.23. The SMILES string of the molecule is Cc1cc(/C=C(\C#N)C(=O)Nc2sc3c(c2C#N)CCCC3)c(C)n1C(C)C. The monoisotopic (exact) mass is 392 g/mol. The first-order valence-corrected chi connectivity index (χ1v) is 10.3. The Morgan fingerprint density at radius 2 is 2.00 bits per heavy atom. The molecular formula is C22H24N4OS. The van der Waals surface area contributed by atoms with Crippen LogP contribution in [0, 0.1) is 36.5 Å². The van der Waals surface area contributed by atoms with Crippen LogP contribution in [-0.4, -0.2) is 10.5 Å². The standard InChI is InChI=1S/C22H24N4OS/c1-13(2)26-14(3)9-16(15(26)4)10-17(11-23)21(27)25-22-19(12-24)18-7-5-6-8-20(18)28-22/h9-10,13H,5-8H2,1-4H3,(H,25,27)/b17-10+. The molecule has 0 fully saturated rings. The summed E-state index contributed by atoms with van der Waals surface area (Å²) in [6, 6.07) is 6.55. The van der Waals surface area contributed by atoms with E-state index in [1.165, 1.54) is 16.2 Å². The predicted molar refractivity (Wildman–Crippen MR) is 112 cm³/mol. The molecule has 1 aliphatic rings. The summed E-state index contributed by atoms with van der Waals surface area (Å²) in [5.41, 5.74) is 4.65. The number of hydrogen-bond donors (Lipinski definition) is 1. The van der Waals surface area contributed by atoms with Gasteiger partial charge in [0.2, 0.25) is 0 Å². The van der Waals surface area contributed by atoms with Crippen molar-refractivity contribution in [2.24, 2.45) is 0 Å². The third kappa shape index (κ3) is 3.61. The zero-order valence-corrected chi connectivity index (χ0v) is 17.5. The summed E-state index contributed by atoms with van der Waals surface area (Å²) in [6.07, 6.45) is 5.65. The van der Waals surface area contributed by atoms with E-state index in [0.29, 0.717) is 16.6 Å². The van der Waals surface area contributed by atoms with Crippen LogP contribution in [0.3, 0.4) is 0 Å². The maximum Gasteiger partial charge on any atom is 0.266 e. The maximum atomic E-state index is 12.8. The van der Waals surface area contributed by atoms with Gasteiger partial charge in [-0.1, -0.05) is 0 Å². The third-order valence-corrected chi connectivity index (χ3v) is 6.42. The molecular weight excluding hydrogens is 368 g/mol. The normalized spacial score (nSPS) is 13.8. The number of rotatable bonds is 4. The van der Waals surface area contributed by atoms with E-state index in [0.717, 1.165) is 48.2 Å². The predicted octanol–water partition coefficient (Wildman–Crippen LogP) is 5.04. The Morgan fingerprint density at radius 1 is 1.29 bits per heavy atom. The van der Waals surface area contributed by atoms with Crippen molar-refractivity contribution in [1.29, 1.82) is 10.5 Å². The molecule has 5 nitrogen and oxygen atoms in total. The lowest BCUT2D eigenvalue weighted by Crippen LogP contribution is -2.13. The summed E-state index contributed by atoms with van der Waals surface area (Å²) in [5.74, 6) is -0.466. The van der Waals surface area contributed by atoms with Crippen molar-refractivity contribution in [3.8, 4) is 12.1 Å². The van der Waals surface area contributed by atoms with Gasteiger partial charge >= 0.3 is 0 Å². The second-order valence-electron chi connectivity index (χ2n) is 7.44. The minimum Gasteiger partial charge on any atom is -0.346 e. The van der Waals surface area contributed by atoms with Crippen molar-refractivity contribution in [3.05, 3.63) is 44.6 Å². The van der Waals surface area contributed by atoms with Crippen LogP contribution in [-0.2, 0) is 17.6 Å². The Balaban J connectivity index is 1.91. The van der Waals surface area contributed by atoms with Gasteiger partial charge in [0.05, 0.1) is 5.56 Å². The minimum atomic E-state index is -0.466. The topological polar surface area (TPSA) is 81.6 Å². The minimum absolute atomic E-state index is 0.0410. The maximum absolute atomic E-state index is 12.8. The number of nitriles is 2. The molecule has 1 aliphatic carbocycles. The molecule has 0 aromatic carbocycles. The van der Waals surface area contributed by atoms with Crippen molar-refractivity contribution in [2.45, 2.75) is 59.4 Å². The third-order valence-electron chi connectivity index (χ3n) is 5.21. The Kier molecular flexibility index (Phi) is 5.72. The summed E-state index contributed by atoms with van der Waals surface area (Å²) in [7, 11) is 0. The number of carbonyl (C=O) groups excluding carboxylic acids is 1. The molecule has 0 saturated carbocycles. The number of thiophene rings is 1. The Bertz CT molecular complexity index is 1040. The van der Waals surface area contributed by atoms with E-state index < -0.39 is 5.91 Å². The highest BCUT2D eigenvalue weighted by Crippen LogP contribution is 2.37. The molecule has 3 rings (SSSR count). The number of anilines is 1. The number of fused-ring (bicyclic) bond motifs is 1. The smallest absolute Gasteiger partial charge is 0.266 e. The quantitative estimate of drug-likeness (QED) is 0.584. The molecule has 0 unspecified atom stereocenters. The van der Waals surface area contributed by atoms with Crippen LogP contribution in [0.1, 0.15) is 65.7 Å². The molecule has 2 aromatic heterocycles. The van der Waals surface area contributed by atoms with Gasteiger partial charge in [-0.2, -0.15) is 10.5 Å². The summed E-state index contributed by atoms with van der Waals surface area (Å²) in [6.45, 7) is 8.22. The number of nitrogens with one attached hydrogen (secondary N) is 1. The number of nitrogens with zero attached hydrogens (tertiary/aromatic N) is 3. The van der Waals surface area contributed by atoms with Gasteiger partial charge in [0, 0.05) is 22.3 Å². The first kappa shape index (κ1) is 19.9. The van der Waals surface area contributed by atoms with E-state index in [1.54, 1.807) is 6.08 Å². The molecule has 144 valence electrons. The lowest BCUT2D eigenvalue weighted by molar-refractivity contribution is -0.112. The summed E-state index contributed by atoms with van der Waals surface area (Å²) in [5, 5.41) is 22.5. The van der Waals surface area contributed by atoms with E-state index in [-0.39, 0.29) is 5.57 Å². The van der Waals surface area contributed by atoms with Crippen molar-refractivity contribution >= 4 is 28.3 Å². The fraction of sp³-hybridized carbons (Fsp3) is 0.409. The van der Waals surface area contributed by atoms with E-state index in [9.17, 15) is 15.3 Å². The van der Waals surface area contributed by atoms with Gasteiger partial charge in [-0.25, -0.2) is 0 Å². The molecule has 6 heteroatoms. The van der Waals surface area contributed by atoms with Gasteiger partial charge in [0.25, 0.3) is 5.91 Å². The van der Waals surface area contributed by atoms with Crippen molar-refractivity contribution in [1.82, 2.24) is 4.57 Å². The molecule has 0 bridgehead atoms. The molecule has 2 aromatic rings. The molecule has 1 amide bonds. The second kappa shape index (κ2) is 8.04. The lowest BCUT2D eigenvalue weighted by Gasteiger charge is -2.13. The van der Waals surface area contributed by atoms with Crippen molar-refractivity contribution in [3.63, 3.8) is 0 Å². The molecule has 0 atom stereocenters. The Labute approximate surface area is 169 Å². The van der Waals surface area contributed by atoms with Gasteiger partial charge in [-0.3, -0.25) is 4.79 Å². The largest absolute Gasteiger partial charge is 0.346 e. The van der Waals surface area contributed by atoms with Gasteiger partial charge in [-0.15, -0.1) is 11.3 Å². The first-order valence-electron chi connectivity index (χ1n) is 9.53. The highest BCUT2D eigenvalue weighted by molar-refractivity contribution is 7.16. The van der Waals surface area contributed by atoms with E-state index >= 15 is 0 Å². The molecule has 1 N–H and O–H groups in total. The average Bonchev–Trinajstić information content (AvgIpc) is 3.15. The van der Waals surface area contributed by atoms with Crippen LogP contribution in [0.15, 0.2) is 11.6 Å². The van der Waals surface area contributed by atoms with Crippen LogP contribution in [0.2, 0.25) is 0 Å². The summed E-state index contributed by atoms with van der Waals surface area (Å²) in [4.78, 5) is 13.9. The first-order chi connectivity index (χ1) is 13.4. The summed E-state index contributed by atoms with van der Waals surface area (Å²) >= 11 is 1.47. The van der Waals surface area contributed by atoms with Crippen LogP contribution in [0.5, 0.6) is 0 Å². The van der Waals surface area contributed by atoms with Crippen LogP contribution in [0.25, 0.3) is 6.08 Å². The number of aryl methyl sites for hydroxylation is 2. The Hall–Kier alpha value is -2.83. The second-order valence-corrected chi connectivity index (χ2v) is 8.55. The fourth-order valence-corrected chi connectivity index (χ4v) is 5.22. The molecule has 0 radical (unpaired) electrons. The van der Waals surface area contributed by atoms with Crippen LogP contribution >= 0.6 is 11.3 Å². The van der Waals surface area contributed by atoms with E-state index in [4.69, 9.17) is 0 Å². The van der Waals surface area contributed by atoms with E-state index in [1.807, 2.05) is 26.0 Å². The number of amides is 1. The molecule has 28 heavy (non-hydrogen) atoms. The van der Waals surface area contributed by atoms with Gasteiger partial charge < -0.3 is 9.88 Å². The van der Waals surface area contributed by atoms with Crippen LogP contribution in [0.4, 0.5) is 5.00 Å². The van der Waals surface area contributed by atoms with Crippen molar-refractivity contribution in [2.75, 3.05) is 5.32 Å². The van der Waals surface area contributed by atoms with E-state index in [2.05, 4.69) is 29.8 Å². The van der Waals surface area contributed by atoms with Crippen molar-refractivity contribution < 1.29 is 4.79 Å². The molecule has 0 saturated heterocycles. The molecule has 0 spiro atoms. The number of hydrogen-bond acceptors (Lipinski definition) is 4. The lowest BCUT2D eigenvalue weighted by atomic mass is 9.96. The zero-order valence-electron chi connectivity index (χ0n) is 16.7. The van der Waals surface area contributed by atoms with Gasteiger partial charge in [0.15, 0.2) is 0 Å².